The van der Waals surface area contributed by atoms with Crippen LogP contribution in [-0.4, -0.2) is 42.4 Å². The number of hydrogen-bond acceptors (Lipinski definition) is 16. The van der Waals surface area contributed by atoms with E-state index >= 15 is 0 Å². The van der Waals surface area contributed by atoms with Crippen LogP contribution >= 0.6 is 11.8 Å². The molecule has 0 heterocycles. The standard InChI is InChI=1S/C35H27N9O9S3.Na/c1-19-16-21(36)2-15-28(19)41-38-23-5-11-26(12-6-23)54-27-13-7-24(8-14-27)40-43-34-30(56(51,52)53)18-20-17-29(55(48,49)50)33(32(37)31(20)35(34)45)42-39-22-3-9-25(10-4-22)44(46)47;/h2-18,40H,36-37H2,1H3,(H,48,49,50)(H,51,52,53);/q;+1/b41-38?,42-39?,43-34+;. The van der Waals surface area contributed by atoms with E-state index in [0.717, 1.165) is 39.6 Å². The van der Waals surface area contributed by atoms with Crippen LogP contribution < -0.4 is 46.5 Å². The molecule has 57 heavy (non-hydrogen) atoms. The van der Waals surface area contributed by atoms with E-state index in [9.17, 15) is 40.8 Å². The SMILES string of the molecule is Cc1cc(N)ccc1N=Nc1ccc(Sc2ccc(N/N=C3/C(=O)c4c(cc(S(=O)(=O)O)c(N=Nc5ccc([N+](=O)[O-])cc5)c4N)C=C3S(=O)(=O)O)cc2)cc1.[Na+]. The van der Waals surface area contributed by atoms with Crippen LogP contribution in [0, 0.1) is 17.0 Å². The van der Waals surface area contributed by atoms with Crippen LogP contribution in [0.1, 0.15) is 21.5 Å². The molecule has 0 radical (unpaired) electrons. The minimum atomic E-state index is -5.14. The molecule has 7 N–H and O–H groups in total. The number of nitrogens with two attached hydrogens (primary N) is 2. The van der Waals surface area contributed by atoms with E-state index in [1.807, 2.05) is 37.3 Å². The number of carbonyl (C=O) groups is 1. The van der Waals surface area contributed by atoms with Crippen LogP contribution in [0.5, 0.6) is 0 Å². The molecular formula is C35H27N9NaO9S3+. The monoisotopic (exact) mass is 836 g/mol. The largest absolute Gasteiger partial charge is 1.00 e. The Morgan fingerprint density at radius 2 is 1.35 bits per heavy atom. The molecule has 1 aliphatic rings. The fraction of sp³-hybridized carbons (Fsp3) is 0.0286. The number of anilines is 3. The van der Waals surface area contributed by atoms with E-state index in [-0.39, 0.29) is 40.9 Å². The van der Waals surface area contributed by atoms with E-state index in [4.69, 9.17) is 11.5 Å². The molecule has 0 saturated carbocycles. The number of azo groups is 2. The number of Topliss-reactive ketones (excluding diaryl/α,β-unsaturated/α-hetero) is 1. The van der Waals surface area contributed by atoms with Crippen LogP contribution in [0.2, 0.25) is 0 Å². The predicted molar refractivity (Wildman–Crippen MR) is 210 cm³/mol. The smallest absolute Gasteiger partial charge is 0.399 e. The van der Waals surface area contributed by atoms with Gasteiger partial charge in [-0.1, -0.05) is 11.8 Å². The van der Waals surface area contributed by atoms with Crippen molar-refractivity contribution >= 4 is 95.1 Å². The zero-order chi connectivity index (χ0) is 40.4. The van der Waals surface area contributed by atoms with Gasteiger partial charge in [0.2, 0.25) is 5.78 Å². The van der Waals surface area contributed by atoms with E-state index in [0.29, 0.717) is 22.7 Å². The van der Waals surface area contributed by atoms with Gasteiger partial charge in [-0.15, -0.1) is 5.11 Å². The molecule has 1 aliphatic carbocycles. The van der Waals surface area contributed by atoms with Crippen molar-refractivity contribution in [3.8, 4) is 0 Å². The molecule has 0 aliphatic heterocycles. The van der Waals surface area contributed by atoms with E-state index in [1.54, 1.807) is 36.4 Å². The van der Waals surface area contributed by atoms with Gasteiger partial charge in [-0.25, -0.2) is 0 Å². The third-order valence-electron chi connectivity index (χ3n) is 7.89. The number of rotatable bonds is 11. The number of nitrogens with zero attached hydrogens (tertiary/aromatic N) is 6. The van der Waals surface area contributed by atoms with E-state index in [2.05, 4.69) is 31.0 Å². The van der Waals surface area contributed by atoms with Gasteiger partial charge in [0.15, 0.2) is 5.71 Å². The fourth-order valence-corrected chi connectivity index (χ4v) is 7.33. The number of aryl methyl sites for hydroxylation is 1. The zero-order valence-corrected chi connectivity index (χ0v) is 34.1. The topological polar surface area (TPSA) is 295 Å². The molecule has 0 unspecified atom stereocenters. The molecular weight excluding hydrogens is 810 g/mol. The number of nitro benzene ring substituents is 1. The average molecular weight is 837 g/mol. The minimum absolute atomic E-state index is 0. The summed E-state index contributed by atoms with van der Waals surface area (Å²) in [5.41, 5.74) is 14.6. The molecule has 0 atom stereocenters. The number of fused-ring (bicyclic) bond motifs is 1. The van der Waals surface area contributed by atoms with Crippen LogP contribution in [0.4, 0.5) is 45.5 Å². The summed E-state index contributed by atoms with van der Waals surface area (Å²) in [5, 5.41) is 31.1. The number of allylic oxidation sites excluding steroid dienone is 1. The first kappa shape index (κ1) is 42.5. The van der Waals surface area contributed by atoms with E-state index < -0.39 is 69.0 Å². The molecule has 6 rings (SSSR count). The summed E-state index contributed by atoms with van der Waals surface area (Å²) >= 11 is 1.43. The van der Waals surface area contributed by atoms with Crippen molar-refractivity contribution in [2.24, 2.45) is 25.6 Å². The number of hydrazone groups is 1. The summed E-state index contributed by atoms with van der Waals surface area (Å²) in [7, 11) is -10.3. The van der Waals surface area contributed by atoms with Gasteiger partial charge in [0.05, 0.1) is 38.9 Å². The number of nitro groups is 1. The van der Waals surface area contributed by atoms with Crippen LogP contribution in [0.15, 0.2) is 142 Å². The van der Waals surface area contributed by atoms with Crippen molar-refractivity contribution in [2.45, 2.75) is 21.6 Å². The Labute approximate surface area is 350 Å². The van der Waals surface area contributed by atoms with Gasteiger partial charge in [-0.05, 0) is 109 Å². The molecule has 0 saturated heterocycles. The third kappa shape index (κ3) is 10.0. The number of carbonyl (C=O) groups excluding carboxylic acids is 1. The Morgan fingerprint density at radius 1 is 0.772 bits per heavy atom. The zero-order valence-electron chi connectivity index (χ0n) is 29.6. The Kier molecular flexibility index (Phi) is 12.8. The second-order valence-corrected chi connectivity index (χ2v) is 15.7. The molecule has 0 amide bonds. The molecule has 0 aromatic heterocycles. The van der Waals surface area contributed by atoms with Crippen LogP contribution in [0.3, 0.4) is 0 Å². The Bertz CT molecular complexity index is 2760. The maximum Gasteiger partial charge on any atom is 1.00 e. The normalized spacial score (nSPS) is 13.7. The summed E-state index contributed by atoms with van der Waals surface area (Å²) in [5.74, 6) is -1.15. The summed E-state index contributed by atoms with van der Waals surface area (Å²) in [6.45, 7) is 1.89. The maximum absolute atomic E-state index is 13.8. The van der Waals surface area contributed by atoms with Crippen molar-refractivity contribution in [1.82, 2.24) is 0 Å². The molecule has 0 bridgehead atoms. The first-order chi connectivity index (χ1) is 26.5. The fourth-order valence-electron chi connectivity index (χ4n) is 5.18. The average Bonchev–Trinajstić information content (AvgIpc) is 3.14. The first-order valence-electron chi connectivity index (χ1n) is 15.8. The number of nitrogens with one attached hydrogen (secondary N) is 1. The van der Waals surface area contributed by atoms with Crippen molar-refractivity contribution in [3.05, 3.63) is 129 Å². The van der Waals surface area contributed by atoms with Crippen molar-refractivity contribution in [1.29, 1.82) is 0 Å². The maximum atomic E-state index is 13.8. The van der Waals surface area contributed by atoms with E-state index in [1.165, 1.54) is 23.9 Å². The molecule has 5 aromatic rings. The van der Waals surface area contributed by atoms with Crippen molar-refractivity contribution in [2.75, 3.05) is 16.9 Å². The number of benzene rings is 5. The molecule has 18 nitrogen and oxygen atoms in total. The van der Waals surface area contributed by atoms with Gasteiger partial charge < -0.3 is 11.5 Å². The molecule has 0 spiro atoms. The van der Waals surface area contributed by atoms with Crippen molar-refractivity contribution in [3.63, 3.8) is 0 Å². The second kappa shape index (κ2) is 17.2. The van der Waals surface area contributed by atoms with Gasteiger partial charge in [0, 0.05) is 27.6 Å². The predicted octanol–water partition coefficient (Wildman–Crippen LogP) is 5.19. The van der Waals surface area contributed by atoms with Crippen LogP contribution in [-0.2, 0) is 20.2 Å². The summed E-state index contributed by atoms with van der Waals surface area (Å²) < 4.78 is 69.5. The molecule has 0 fully saturated rings. The number of ketones is 1. The van der Waals surface area contributed by atoms with Gasteiger partial charge >= 0.3 is 29.6 Å². The molecule has 5 aromatic carbocycles. The Hall–Kier alpha value is -5.65. The number of hydrogen-bond donors (Lipinski definition) is 5. The minimum Gasteiger partial charge on any atom is -0.399 e. The molecule has 22 heteroatoms. The van der Waals surface area contributed by atoms with Gasteiger partial charge in [0.25, 0.3) is 25.9 Å². The Balaban J connectivity index is 0.00000620. The second-order valence-electron chi connectivity index (χ2n) is 11.8. The van der Waals surface area contributed by atoms with Gasteiger partial charge in [0.1, 0.15) is 15.5 Å². The number of nitrogen functional groups attached to an aromatic ring is 2. The summed E-state index contributed by atoms with van der Waals surface area (Å²) in [6.07, 6.45) is 0.764. The molecule has 284 valence electrons. The van der Waals surface area contributed by atoms with Crippen LogP contribution in [0.25, 0.3) is 6.08 Å². The Morgan fingerprint density at radius 3 is 1.91 bits per heavy atom. The third-order valence-corrected chi connectivity index (χ3v) is 10.6. The summed E-state index contributed by atoms with van der Waals surface area (Å²) in [6, 6.07) is 24.8. The number of non-ortho nitro benzene ring substituents is 1. The van der Waals surface area contributed by atoms with Crippen molar-refractivity contribution < 1.29 is 65.2 Å². The quantitative estimate of drug-likeness (QED) is 0.0286. The van der Waals surface area contributed by atoms with Gasteiger partial charge in [-0.2, -0.15) is 37.3 Å². The summed E-state index contributed by atoms with van der Waals surface area (Å²) in [4.78, 5) is 23.9. The van der Waals surface area contributed by atoms with Gasteiger partial charge in [-0.3, -0.25) is 29.4 Å². The first-order valence-corrected chi connectivity index (χ1v) is 19.5.